The minimum Gasteiger partial charge on any atom is -0.317 e. The van der Waals surface area contributed by atoms with Crippen molar-refractivity contribution in [1.82, 2.24) is 5.32 Å². The molecule has 1 aliphatic heterocycles. The van der Waals surface area contributed by atoms with E-state index in [1.165, 1.54) is 0 Å². The Kier molecular flexibility index (Phi) is 4.51. The Balaban J connectivity index is 1.82. The highest BCUT2D eigenvalue weighted by atomic mass is 16.1. The summed E-state index contributed by atoms with van der Waals surface area (Å²) in [6.07, 6.45) is 6.67. The Morgan fingerprint density at radius 3 is 2.65 bits per heavy atom. The van der Waals surface area contributed by atoms with Crippen LogP contribution in [-0.4, -0.2) is 18.9 Å². The molecule has 90 valence electrons. The molecule has 0 atom stereocenters. The molecule has 2 heteroatoms. The normalized spacial score (nSPS) is 17.4. The van der Waals surface area contributed by atoms with Crippen molar-refractivity contribution in [3.05, 3.63) is 48.0 Å². The molecule has 1 saturated heterocycles. The molecule has 1 N–H and O–H groups in total. The van der Waals surface area contributed by atoms with E-state index in [-0.39, 0.29) is 5.78 Å². The van der Waals surface area contributed by atoms with Crippen LogP contribution in [-0.2, 0) is 11.2 Å². The predicted octanol–water partition coefficient (Wildman–Crippen LogP) is 2.35. The van der Waals surface area contributed by atoms with E-state index in [4.69, 9.17) is 0 Å². The van der Waals surface area contributed by atoms with Crippen molar-refractivity contribution in [3.63, 3.8) is 0 Å². The Hall–Kier alpha value is -1.41. The second-order valence-electron chi connectivity index (χ2n) is 4.58. The van der Waals surface area contributed by atoms with Gasteiger partial charge in [-0.05, 0) is 43.5 Å². The lowest BCUT2D eigenvalue weighted by Crippen LogP contribution is -2.26. The maximum absolute atomic E-state index is 11.8. The molecule has 1 aromatic rings. The number of carbonyl (C=O) groups is 1. The van der Waals surface area contributed by atoms with Gasteiger partial charge in [0.1, 0.15) is 0 Å². The van der Waals surface area contributed by atoms with Gasteiger partial charge in [-0.1, -0.05) is 36.4 Å². The Labute approximate surface area is 103 Å². The molecule has 0 unspecified atom stereocenters. The summed E-state index contributed by atoms with van der Waals surface area (Å²) in [4.78, 5) is 11.8. The summed E-state index contributed by atoms with van der Waals surface area (Å²) in [7, 11) is 0. The van der Waals surface area contributed by atoms with E-state index in [0.717, 1.165) is 31.5 Å². The number of hydrogen-bond acceptors (Lipinski definition) is 2. The molecule has 1 aromatic carbocycles. The third-order valence-corrected chi connectivity index (χ3v) is 3.16. The van der Waals surface area contributed by atoms with E-state index in [1.807, 2.05) is 30.3 Å². The maximum Gasteiger partial charge on any atom is 0.159 e. The molecule has 1 heterocycles. The van der Waals surface area contributed by atoms with Crippen LogP contribution < -0.4 is 5.32 Å². The minimum absolute atomic E-state index is 0.203. The van der Waals surface area contributed by atoms with Crippen LogP contribution in [0.3, 0.4) is 0 Å². The third-order valence-electron chi connectivity index (χ3n) is 3.16. The van der Waals surface area contributed by atoms with Crippen molar-refractivity contribution in [1.29, 1.82) is 0 Å². The zero-order valence-electron chi connectivity index (χ0n) is 10.1. The molecule has 0 bridgehead atoms. The summed E-state index contributed by atoms with van der Waals surface area (Å²) < 4.78 is 0. The zero-order chi connectivity index (χ0) is 11.9. The lowest BCUT2D eigenvalue weighted by atomic mass is 9.97. The van der Waals surface area contributed by atoms with Crippen molar-refractivity contribution < 1.29 is 4.79 Å². The molecular weight excluding hydrogens is 210 g/mol. The van der Waals surface area contributed by atoms with Crippen LogP contribution in [0.1, 0.15) is 18.4 Å². The number of ketones is 1. The van der Waals surface area contributed by atoms with E-state index in [0.29, 0.717) is 12.3 Å². The highest BCUT2D eigenvalue weighted by Crippen LogP contribution is 2.13. The average molecular weight is 229 g/mol. The minimum atomic E-state index is 0.203. The average Bonchev–Trinajstić information content (AvgIpc) is 2.39. The smallest absolute Gasteiger partial charge is 0.159 e. The van der Waals surface area contributed by atoms with Crippen LogP contribution in [0.15, 0.2) is 42.5 Å². The van der Waals surface area contributed by atoms with Crippen molar-refractivity contribution in [3.8, 4) is 0 Å². The van der Waals surface area contributed by atoms with Crippen LogP contribution in [0.5, 0.6) is 0 Å². The second-order valence-corrected chi connectivity index (χ2v) is 4.58. The summed E-state index contributed by atoms with van der Waals surface area (Å²) in [5.74, 6) is 0.783. The highest BCUT2D eigenvalue weighted by molar-refractivity contribution is 5.91. The molecular formula is C15H19NO. The van der Waals surface area contributed by atoms with Gasteiger partial charge in [0.25, 0.3) is 0 Å². The monoisotopic (exact) mass is 229 g/mol. The standard InChI is InChI=1S/C15H19NO/c17-15(12-14-4-2-1-3-5-14)7-6-13-8-10-16-11-9-13/h1-7,13,16H,8-12H2. The van der Waals surface area contributed by atoms with Crippen molar-refractivity contribution in [2.45, 2.75) is 19.3 Å². The van der Waals surface area contributed by atoms with Gasteiger partial charge in [0.2, 0.25) is 0 Å². The topological polar surface area (TPSA) is 29.1 Å². The van der Waals surface area contributed by atoms with E-state index in [2.05, 4.69) is 11.4 Å². The van der Waals surface area contributed by atoms with E-state index >= 15 is 0 Å². The molecule has 1 aliphatic rings. The highest BCUT2D eigenvalue weighted by Gasteiger charge is 2.09. The molecule has 0 saturated carbocycles. The number of nitrogens with one attached hydrogen (secondary N) is 1. The molecule has 0 spiro atoms. The molecule has 0 radical (unpaired) electrons. The van der Waals surface area contributed by atoms with Crippen LogP contribution in [0.25, 0.3) is 0 Å². The number of piperidine rings is 1. The van der Waals surface area contributed by atoms with E-state index in [9.17, 15) is 4.79 Å². The lowest BCUT2D eigenvalue weighted by Gasteiger charge is -2.18. The van der Waals surface area contributed by atoms with Gasteiger partial charge in [0.15, 0.2) is 5.78 Å². The SMILES string of the molecule is O=C(C=CC1CCNCC1)Cc1ccccc1. The van der Waals surface area contributed by atoms with Gasteiger partial charge >= 0.3 is 0 Å². The second kappa shape index (κ2) is 6.36. The number of benzene rings is 1. The first-order valence-corrected chi connectivity index (χ1v) is 6.30. The van der Waals surface area contributed by atoms with Crippen LogP contribution >= 0.6 is 0 Å². The summed E-state index contributed by atoms with van der Waals surface area (Å²) in [6.45, 7) is 2.14. The molecule has 0 aromatic heterocycles. The number of carbonyl (C=O) groups excluding carboxylic acids is 1. The fourth-order valence-corrected chi connectivity index (χ4v) is 2.14. The molecule has 0 aliphatic carbocycles. The van der Waals surface area contributed by atoms with Gasteiger partial charge in [-0.25, -0.2) is 0 Å². The first-order chi connectivity index (χ1) is 8.34. The number of hydrogen-bond donors (Lipinski definition) is 1. The number of rotatable bonds is 4. The van der Waals surface area contributed by atoms with Crippen LogP contribution in [0.4, 0.5) is 0 Å². The third kappa shape index (κ3) is 4.16. The molecule has 17 heavy (non-hydrogen) atoms. The fourth-order valence-electron chi connectivity index (χ4n) is 2.14. The Bertz CT molecular complexity index is 377. The van der Waals surface area contributed by atoms with Gasteiger partial charge in [-0.2, -0.15) is 0 Å². The first-order valence-electron chi connectivity index (χ1n) is 6.30. The van der Waals surface area contributed by atoms with Gasteiger partial charge in [-0.3, -0.25) is 4.79 Å². The summed E-state index contributed by atoms with van der Waals surface area (Å²) in [5, 5.41) is 3.32. The molecule has 1 fully saturated rings. The summed E-state index contributed by atoms with van der Waals surface area (Å²) in [5.41, 5.74) is 1.09. The van der Waals surface area contributed by atoms with Gasteiger partial charge in [0.05, 0.1) is 0 Å². The summed E-state index contributed by atoms with van der Waals surface area (Å²) in [6, 6.07) is 9.91. The maximum atomic E-state index is 11.8. The largest absolute Gasteiger partial charge is 0.317 e. The number of allylic oxidation sites excluding steroid dienone is 2. The van der Waals surface area contributed by atoms with Gasteiger partial charge < -0.3 is 5.32 Å². The zero-order valence-corrected chi connectivity index (χ0v) is 10.1. The van der Waals surface area contributed by atoms with Crippen LogP contribution in [0.2, 0.25) is 0 Å². The van der Waals surface area contributed by atoms with Gasteiger partial charge in [-0.15, -0.1) is 0 Å². The lowest BCUT2D eigenvalue weighted by molar-refractivity contribution is -0.114. The molecule has 2 nitrogen and oxygen atoms in total. The Morgan fingerprint density at radius 1 is 1.24 bits per heavy atom. The first kappa shape index (κ1) is 12.1. The predicted molar refractivity (Wildman–Crippen MR) is 69.9 cm³/mol. The Morgan fingerprint density at radius 2 is 1.94 bits per heavy atom. The van der Waals surface area contributed by atoms with Gasteiger partial charge in [0, 0.05) is 6.42 Å². The molecule has 0 amide bonds. The summed E-state index contributed by atoms with van der Waals surface area (Å²) >= 11 is 0. The van der Waals surface area contributed by atoms with Crippen molar-refractivity contribution in [2.75, 3.05) is 13.1 Å². The van der Waals surface area contributed by atoms with Crippen molar-refractivity contribution >= 4 is 5.78 Å². The quantitative estimate of drug-likeness (QED) is 0.803. The fraction of sp³-hybridized carbons (Fsp3) is 0.400. The molecule has 2 rings (SSSR count). The van der Waals surface area contributed by atoms with E-state index < -0.39 is 0 Å². The van der Waals surface area contributed by atoms with Crippen LogP contribution in [0, 0.1) is 5.92 Å². The van der Waals surface area contributed by atoms with E-state index in [1.54, 1.807) is 6.08 Å². The van der Waals surface area contributed by atoms with Crippen molar-refractivity contribution in [2.24, 2.45) is 5.92 Å².